The van der Waals surface area contributed by atoms with Crippen LogP contribution in [0.25, 0.3) is 0 Å². The number of aliphatic hydroxyl groups excluding tert-OH is 2. The summed E-state index contributed by atoms with van der Waals surface area (Å²) in [6.07, 6.45) is 69.8. The second-order valence-corrected chi connectivity index (χ2v) is 24.4. The molecule has 16 nitrogen and oxygen atoms in total. The Hall–Kier alpha value is -4.05. The van der Waals surface area contributed by atoms with Crippen molar-refractivity contribution in [1.29, 1.82) is 0 Å². The number of allylic oxidation sites excluding steroid dienone is 20. The van der Waals surface area contributed by atoms with E-state index >= 15 is 0 Å². The molecule has 498 valence electrons. The van der Waals surface area contributed by atoms with Gasteiger partial charge in [0, 0.05) is 19.3 Å². The molecule has 5 unspecified atom stereocenters. The van der Waals surface area contributed by atoms with Crippen molar-refractivity contribution >= 4 is 33.6 Å². The van der Waals surface area contributed by atoms with Crippen LogP contribution in [0, 0.1) is 0 Å². The quantitative estimate of drug-likeness (QED) is 0.0146. The molecule has 0 aromatic carbocycles. The lowest BCUT2D eigenvalue weighted by Crippen LogP contribution is -2.30. The summed E-state index contributed by atoms with van der Waals surface area (Å²) in [6, 6.07) is 0. The summed E-state index contributed by atoms with van der Waals surface area (Å²) >= 11 is 0. The lowest BCUT2D eigenvalue weighted by molar-refractivity contribution is -0.161. The Kier molecular flexibility index (Phi) is 59.3. The third kappa shape index (κ3) is 63.3. The average Bonchev–Trinajstić information content (AvgIpc) is 3.68. The van der Waals surface area contributed by atoms with E-state index in [-0.39, 0.29) is 19.3 Å². The van der Waals surface area contributed by atoms with E-state index in [0.717, 1.165) is 135 Å². The van der Waals surface area contributed by atoms with Crippen molar-refractivity contribution in [2.75, 3.05) is 39.6 Å². The van der Waals surface area contributed by atoms with E-state index in [1.165, 1.54) is 38.5 Å². The second-order valence-electron chi connectivity index (χ2n) is 21.5. The summed E-state index contributed by atoms with van der Waals surface area (Å²) in [5, 5.41) is 20.5. The lowest BCUT2D eigenvalue weighted by Gasteiger charge is -2.21. The predicted molar refractivity (Wildman–Crippen MR) is 353 cm³/mol. The Morgan fingerprint density at radius 1 is 0.333 bits per heavy atom. The van der Waals surface area contributed by atoms with E-state index in [1.807, 2.05) is 18.2 Å². The third-order valence-corrected chi connectivity index (χ3v) is 15.1. The molecule has 0 radical (unpaired) electrons. The Bertz CT molecular complexity index is 2070. The first kappa shape index (κ1) is 83.0. The number of phosphoric acid groups is 2. The maximum atomic E-state index is 12.9. The van der Waals surface area contributed by atoms with Gasteiger partial charge < -0.3 is 34.2 Å². The van der Waals surface area contributed by atoms with Crippen LogP contribution in [0.4, 0.5) is 0 Å². The first-order chi connectivity index (χ1) is 42.2. The molecule has 0 fully saturated rings. The molecular formula is C69H116O16P2. The summed E-state index contributed by atoms with van der Waals surface area (Å²) in [6.45, 7) is 2.31. The molecule has 5 atom stereocenters. The molecule has 0 aliphatic carbocycles. The Balaban J connectivity index is 4.76. The molecule has 0 aromatic rings. The maximum Gasteiger partial charge on any atom is 0.472 e. The number of carbonyl (C=O) groups is 3. The molecule has 0 rings (SSSR count). The normalized spacial score (nSPS) is 15.1. The van der Waals surface area contributed by atoms with Crippen molar-refractivity contribution in [3.63, 3.8) is 0 Å². The van der Waals surface area contributed by atoms with Crippen molar-refractivity contribution < 1.29 is 75.8 Å². The van der Waals surface area contributed by atoms with E-state index in [2.05, 4.69) is 124 Å². The van der Waals surface area contributed by atoms with Crippen LogP contribution < -0.4 is 0 Å². The highest BCUT2D eigenvalue weighted by Gasteiger charge is 2.29. The molecule has 87 heavy (non-hydrogen) atoms. The van der Waals surface area contributed by atoms with Crippen LogP contribution in [0.2, 0.25) is 0 Å². The number of carbonyl (C=O) groups excluding carboxylic acids is 3. The second kappa shape index (κ2) is 62.2. The van der Waals surface area contributed by atoms with Gasteiger partial charge in [0.05, 0.1) is 26.4 Å². The van der Waals surface area contributed by atoms with Crippen LogP contribution in [0.1, 0.15) is 239 Å². The minimum Gasteiger partial charge on any atom is -0.463 e. The van der Waals surface area contributed by atoms with Gasteiger partial charge in [0.25, 0.3) is 0 Å². The highest BCUT2D eigenvalue weighted by Crippen LogP contribution is 2.45. The van der Waals surface area contributed by atoms with Gasteiger partial charge in [-0.25, -0.2) is 9.13 Å². The summed E-state index contributed by atoms with van der Waals surface area (Å²) < 4.78 is 60.7. The highest BCUT2D eigenvalue weighted by molar-refractivity contribution is 7.47. The van der Waals surface area contributed by atoms with Gasteiger partial charge in [-0.3, -0.25) is 32.5 Å². The van der Waals surface area contributed by atoms with Gasteiger partial charge >= 0.3 is 33.6 Å². The molecule has 4 N–H and O–H groups in total. The van der Waals surface area contributed by atoms with Crippen LogP contribution in [-0.4, -0.2) is 95.9 Å². The molecule has 0 aromatic heterocycles. The molecule has 0 amide bonds. The number of unbranched alkanes of at least 4 members (excludes halogenated alkanes) is 18. The Morgan fingerprint density at radius 3 is 1.05 bits per heavy atom. The van der Waals surface area contributed by atoms with Gasteiger partial charge in [-0.05, 0) is 116 Å². The molecule has 0 saturated heterocycles. The Labute approximate surface area is 525 Å². The zero-order valence-electron chi connectivity index (χ0n) is 53.6. The first-order valence-corrected chi connectivity index (χ1v) is 35.8. The standard InChI is InChI=1S/C69H116O16P2/c1-4-7-10-13-16-19-22-25-28-30-31-33-36-37-40-43-46-49-52-55-67(72)79-58-64(70)59-81-86(75,76)82-60-65(71)61-83-87(77,78)84-63-66(85-69(74)57-54-51-48-45-42-39-34-27-24-21-18-15-12-9-6-3)62-80-68(73)56-53-50-47-44-41-38-35-32-29-26-23-20-17-14-11-8-5-2/h7-8,10-11,16-17,19-20,25-29,31,33-34,37,40,46,49,64-66,70-71H,4-6,9,12-15,18,21-24,30,32,35-36,38-39,41-45,47-48,50-63H2,1-3H3,(H,75,76)(H,77,78)/b10-7-,11-8-,19-16-,20-17-,28-25-,29-26-,33-31-,34-27-,40-37-,49-46-. The number of hydrogen-bond donors (Lipinski definition) is 4. The Morgan fingerprint density at radius 2 is 0.632 bits per heavy atom. The molecule has 0 aliphatic heterocycles. The van der Waals surface area contributed by atoms with Crippen LogP contribution in [0.3, 0.4) is 0 Å². The predicted octanol–water partition coefficient (Wildman–Crippen LogP) is 17.9. The van der Waals surface area contributed by atoms with Gasteiger partial charge in [0.2, 0.25) is 0 Å². The molecule has 0 aliphatic rings. The summed E-state index contributed by atoms with van der Waals surface area (Å²) in [5.74, 6) is -1.68. The number of phosphoric ester groups is 2. The van der Waals surface area contributed by atoms with Crippen LogP contribution in [0.15, 0.2) is 122 Å². The number of rotatable bonds is 61. The minimum absolute atomic E-state index is 0.0573. The van der Waals surface area contributed by atoms with Crippen LogP contribution >= 0.6 is 15.6 Å². The largest absolute Gasteiger partial charge is 0.472 e. The number of esters is 3. The first-order valence-electron chi connectivity index (χ1n) is 32.8. The highest BCUT2D eigenvalue weighted by atomic mass is 31.2. The monoisotopic (exact) mass is 1260 g/mol. The lowest BCUT2D eigenvalue weighted by atomic mass is 10.1. The van der Waals surface area contributed by atoms with E-state index in [9.17, 15) is 43.5 Å². The van der Waals surface area contributed by atoms with Gasteiger partial charge in [-0.2, -0.15) is 0 Å². The van der Waals surface area contributed by atoms with Gasteiger partial charge in [0.1, 0.15) is 25.4 Å². The average molecular weight is 1260 g/mol. The fourth-order valence-electron chi connectivity index (χ4n) is 8.19. The fourth-order valence-corrected chi connectivity index (χ4v) is 9.78. The summed E-state index contributed by atoms with van der Waals surface area (Å²) in [5.41, 5.74) is 0. The van der Waals surface area contributed by atoms with Gasteiger partial charge in [0.15, 0.2) is 6.10 Å². The van der Waals surface area contributed by atoms with E-state index in [0.29, 0.717) is 25.7 Å². The van der Waals surface area contributed by atoms with Crippen molar-refractivity contribution in [2.45, 2.75) is 257 Å². The van der Waals surface area contributed by atoms with Gasteiger partial charge in [-0.1, -0.05) is 226 Å². The maximum absolute atomic E-state index is 12.9. The third-order valence-electron chi connectivity index (χ3n) is 13.2. The van der Waals surface area contributed by atoms with E-state index in [4.69, 9.17) is 32.3 Å². The molecule has 18 heteroatoms. The van der Waals surface area contributed by atoms with E-state index in [1.54, 1.807) is 0 Å². The smallest absolute Gasteiger partial charge is 0.463 e. The van der Waals surface area contributed by atoms with Crippen LogP contribution in [0.5, 0.6) is 0 Å². The van der Waals surface area contributed by atoms with Crippen molar-refractivity contribution in [3.8, 4) is 0 Å². The topological polar surface area (TPSA) is 231 Å². The number of hydrogen-bond acceptors (Lipinski definition) is 14. The number of ether oxygens (including phenoxy) is 3. The fraction of sp³-hybridized carbons (Fsp3) is 0.667. The molecule has 0 bridgehead atoms. The summed E-state index contributed by atoms with van der Waals surface area (Å²) in [7, 11) is -9.80. The minimum atomic E-state index is -4.93. The zero-order chi connectivity index (χ0) is 63.8. The SMILES string of the molecule is CC/C=C\C/C=C\C/C=C\C/C=C\C/C=C\C/C=C\CCC(=O)OCC(O)COP(=O)(O)OCC(O)COP(=O)(O)OCC(COC(=O)CCCCCCCCC/C=C\C/C=C\C/C=C\CC)OC(=O)CCCCCCC/C=C\CCCCCCCC. The molecule has 0 spiro atoms. The van der Waals surface area contributed by atoms with Crippen molar-refractivity contribution in [3.05, 3.63) is 122 Å². The zero-order valence-corrected chi connectivity index (χ0v) is 55.4. The van der Waals surface area contributed by atoms with Crippen molar-refractivity contribution in [2.24, 2.45) is 0 Å². The molecule has 0 heterocycles. The molecular weight excluding hydrogens is 1150 g/mol. The van der Waals surface area contributed by atoms with Crippen molar-refractivity contribution in [1.82, 2.24) is 0 Å². The van der Waals surface area contributed by atoms with Crippen LogP contribution in [-0.2, 0) is 55.8 Å². The number of aliphatic hydroxyl groups is 2. The molecule has 0 saturated carbocycles. The van der Waals surface area contributed by atoms with Gasteiger partial charge in [-0.15, -0.1) is 0 Å². The summed E-state index contributed by atoms with van der Waals surface area (Å²) in [4.78, 5) is 58.3. The van der Waals surface area contributed by atoms with E-state index < -0.39 is 91.5 Å².